The molecule has 0 saturated carbocycles. The van der Waals surface area contributed by atoms with E-state index in [0.29, 0.717) is 17.9 Å². The van der Waals surface area contributed by atoms with Crippen molar-refractivity contribution in [1.29, 1.82) is 0 Å². The number of ether oxygens (including phenoxy) is 1. The maximum atomic E-state index is 12.9. The molecule has 0 atom stereocenters. The summed E-state index contributed by atoms with van der Waals surface area (Å²) < 4.78 is 7.23. The Kier molecular flexibility index (Phi) is 5.38. The SMILES string of the molecule is CCCCn1nnnc1COC(=O)c1cc(-c2cccs2)nc2ccccc12. The summed E-state index contributed by atoms with van der Waals surface area (Å²) in [6.45, 7) is 2.83. The van der Waals surface area contributed by atoms with Gasteiger partial charge in [0.2, 0.25) is 0 Å². The normalized spacial score (nSPS) is 11.0. The highest BCUT2D eigenvalue weighted by atomic mass is 32.1. The van der Waals surface area contributed by atoms with Gasteiger partial charge in [0.05, 0.1) is 21.7 Å². The van der Waals surface area contributed by atoms with Crippen LogP contribution in [0.2, 0.25) is 0 Å². The van der Waals surface area contributed by atoms with E-state index in [2.05, 4.69) is 27.4 Å². The average molecular weight is 393 g/mol. The van der Waals surface area contributed by atoms with E-state index in [0.717, 1.165) is 34.3 Å². The summed E-state index contributed by atoms with van der Waals surface area (Å²) in [5.74, 6) is 0.125. The van der Waals surface area contributed by atoms with Crippen LogP contribution in [-0.4, -0.2) is 31.2 Å². The molecule has 0 unspecified atom stereocenters. The molecule has 3 heterocycles. The van der Waals surface area contributed by atoms with E-state index in [1.807, 2.05) is 41.8 Å². The Labute approximate surface area is 166 Å². The molecule has 0 bridgehead atoms. The molecule has 7 nitrogen and oxygen atoms in total. The number of esters is 1. The van der Waals surface area contributed by atoms with Crippen molar-refractivity contribution in [2.45, 2.75) is 32.9 Å². The fraction of sp³-hybridized carbons (Fsp3) is 0.250. The number of tetrazole rings is 1. The summed E-state index contributed by atoms with van der Waals surface area (Å²) in [5.41, 5.74) is 2.00. The van der Waals surface area contributed by atoms with Crippen LogP contribution in [-0.2, 0) is 17.9 Å². The molecule has 28 heavy (non-hydrogen) atoms. The number of rotatable bonds is 7. The summed E-state index contributed by atoms with van der Waals surface area (Å²) in [6, 6.07) is 13.3. The van der Waals surface area contributed by atoms with E-state index in [-0.39, 0.29) is 6.61 Å². The number of hydrogen-bond donors (Lipinski definition) is 0. The van der Waals surface area contributed by atoms with Gasteiger partial charge in [-0.3, -0.25) is 0 Å². The van der Waals surface area contributed by atoms with Gasteiger partial charge in [-0.1, -0.05) is 37.6 Å². The quantitative estimate of drug-likeness (QED) is 0.440. The number of para-hydroxylation sites is 1. The van der Waals surface area contributed by atoms with Crippen molar-refractivity contribution in [1.82, 2.24) is 25.2 Å². The first-order valence-corrected chi connectivity index (χ1v) is 10.00. The number of thiophene rings is 1. The first-order chi connectivity index (χ1) is 13.8. The number of benzene rings is 1. The first kappa shape index (κ1) is 18.2. The molecule has 0 N–H and O–H groups in total. The van der Waals surface area contributed by atoms with Crippen LogP contribution in [0.25, 0.3) is 21.5 Å². The van der Waals surface area contributed by atoms with Gasteiger partial charge in [-0.05, 0) is 40.4 Å². The molecular weight excluding hydrogens is 374 g/mol. The highest BCUT2D eigenvalue weighted by Gasteiger charge is 2.17. The predicted octanol–water partition coefficient (Wildman–Crippen LogP) is 4.11. The van der Waals surface area contributed by atoms with Gasteiger partial charge >= 0.3 is 5.97 Å². The van der Waals surface area contributed by atoms with Crippen molar-refractivity contribution < 1.29 is 9.53 Å². The summed E-state index contributed by atoms with van der Waals surface area (Å²) in [4.78, 5) is 18.6. The van der Waals surface area contributed by atoms with Gasteiger partial charge in [0.25, 0.3) is 0 Å². The third-order valence-corrected chi connectivity index (χ3v) is 5.26. The van der Waals surface area contributed by atoms with Crippen molar-refractivity contribution in [3.05, 3.63) is 59.2 Å². The molecule has 0 aliphatic heterocycles. The van der Waals surface area contributed by atoms with Crippen LogP contribution in [0.15, 0.2) is 47.8 Å². The lowest BCUT2D eigenvalue weighted by Gasteiger charge is -2.09. The Balaban J connectivity index is 1.61. The monoisotopic (exact) mass is 393 g/mol. The van der Waals surface area contributed by atoms with E-state index in [1.54, 1.807) is 22.1 Å². The summed E-state index contributed by atoms with van der Waals surface area (Å²) in [6.07, 6.45) is 2.00. The Bertz CT molecular complexity index is 1090. The second kappa shape index (κ2) is 8.26. The molecule has 0 spiro atoms. The Hall–Kier alpha value is -3.13. The number of aryl methyl sites for hydroxylation is 1. The minimum absolute atomic E-state index is 0.0283. The maximum absolute atomic E-state index is 12.9. The van der Waals surface area contributed by atoms with Gasteiger partial charge in [-0.15, -0.1) is 16.4 Å². The third-order valence-electron chi connectivity index (χ3n) is 4.37. The Morgan fingerprint density at radius 1 is 1.21 bits per heavy atom. The number of unbranched alkanes of at least 4 members (excludes halogenated alkanes) is 1. The molecule has 0 amide bonds. The summed E-state index contributed by atoms with van der Waals surface area (Å²) >= 11 is 1.58. The zero-order valence-electron chi connectivity index (χ0n) is 15.4. The fourth-order valence-corrected chi connectivity index (χ4v) is 3.60. The van der Waals surface area contributed by atoms with Gasteiger partial charge in [-0.2, -0.15) is 0 Å². The molecule has 3 aromatic heterocycles. The second-order valence-electron chi connectivity index (χ2n) is 6.30. The molecule has 0 aliphatic carbocycles. The van der Waals surface area contributed by atoms with E-state index >= 15 is 0 Å². The van der Waals surface area contributed by atoms with Crippen LogP contribution < -0.4 is 0 Å². The largest absolute Gasteiger partial charge is 0.454 e. The van der Waals surface area contributed by atoms with E-state index in [4.69, 9.17) is 4.74 Å². The molecule has 1 aromatic carbocycles. The fourth-order valence-electron chi connectivity index (χ4n) is 2.91. The molecule has 4 rings (SSSR count). The molecule has 0 aliphatic rings. The van der Waals surface area contributed by atoms with E-state index in [1.165, 1.54) is 0 Å². The Morgan fingerprint density at radius 2 is 2.11 bits per heavy atom. The molecule has 0 fully saturated rings. The van der Waals surface area contributed by atoms with Gasteiger partial charge in [0.1, 0.15) is 0 Å². The number of aromatic nitrogens is 5. The average Bonchev–Trinajstić information content (AvgIpc) is 3.41. The van der Waals surface area contributed by atoms with Crippen LogP contribution in [0, 0.1) is 0 Å². The van der Waals surface area contributed by atoms with E-state index in [9.17, 15) is 4.79 Å². The molecule has 8 heteroatoms. The smallest absolute Gasteiger partial charge is 0.339 e. The lowest BCUT2D eigenvalue weighted by atomic mass is 10.1. The van der Waals surface area contributed by atoms with E-state index < -0.39 is 5.97 Å². The topological polar surface area (TPSA) is 82.8 Å². The highest BCUT2D eigenvalue weighted by Crippen LogP contribution is 2.28. The van der Waals surface area contributed by atoms with Gasteiger partial charge in [-0.25, -0.2) is 14.5 Å². The van der Waals surface area contributed by atoms with Crippen molar-refractivity contribution >= 4 is 28.2 Å². The number of pyridine rings is 1. The maximum Gasteiger partial charge on any atom is 0.339 e. The molecular formula is C20H19N5O2S. The Morgan fingerprint density at radius 3 is 2.93 bits per heavy atom. The number of nitrogens with zero attached hydrogens (tertiary/aromatic N) is 5. The summed E-state index contributed by atoms with van der Waals surface area (Å²) in [5, 5.41) is 14.4. The van der Waals surface area contributed by atoms with Crippen molar-refractivity contribution in [2.24, 2.45) is 0 Å². The minimum atomic E-state index is -0.415. The third kappa shape index (κ3) is 3.77. The van der Waals surface area contributed by atoms with Crippen molar-refractivity contribution in [3.8, 4) is 10.6 Å². The molecule has 4 aromatic rings. The zero-order valence-corrected chi connectivity index (χ0v) is 16.2. The standard InChI is InChI=1S/C20H19N5O2S/c1-2-3-10-25-19(22-23-24-25)13-27-20(26)15-12-17(18-9-6-11-28-18)21-16-8-5-4-7-14(15)16/h4-9,11-12H,2-3,10,13H2,1H3. The van der Waals surface area contributed by atoms with Crippen LogP contribution >= 0.6 is 11.3 Å². The predicted molar refractivity (Wildman–Crippen MR) is 107 cm³/mol. The van der Waals surface area contributed by atoms with Gasteiger partial charge < -0.3 is 4.74 Å². The van der Waals surface area contributed by atoms with Gasteiger partial charge in [0.15, 0.2) is 12.4 Å². The molecule has 142 valence electrons. The summed E-state index contributed by atoms with van der Waals surface area (Å²) in [7, 11) is 0. The number of carbonyl (C=O) groups excluding carboxylic acids is 1. The van der Waals surface area contributed by atoms with Crippen LogP contribution in [0.5, 0.6) is 0 Å². The van der Waals surface area contributed by atoms with Crippen molar-refractivity contribution in [2.75, 3.05) is 0 Å². The van der Waals surface area contributed by atoms with Crippen molar-refractivity contribution in [3.63, 3.8) is 0 Å². The van der Waals surface area contributed by atoms with Crippen LogP contribution in [0.4, 0.5) is 0 Å². The highest BCUT2D eigenvalue weighted by molar-refractivity contribution is 7.13. The molecule has 0 saturated heterocycles. The second-order valence-corrected chi connectivity index (χ2v) is 7.25. The minimum Gasteiger partial charge on any atom is -0.454 e. The van der Waals surface area contributed by atoms with Gasteiger partial charge in [0, 0.05) is 11.9 Å². The van der Waals surface area contributed by atoms with Crippen LogP contribution in [0.3, 0.4) is 0 Å². The first-order valence-electron chi connectivity index (χ1n) is 9.12. The lowest BCUT2D eigenvalue weighted by Crippen LogP contribution is -2.12. The van der Waals surface area contributed by atoms with Crippen LogP contribution in [0.1, 0.15) is 35.9 Å². The number of carbonyl (C=O) groups is 1. The molecule has 0 radical (unpaired) electrons. The number of fused-ring (bicyclic) bond motifs is 1. The number of hydrogen-bond acceptors (Lipinski definition) is 7. The lowest BCUT2D eigenvalue weighted by molar-refractivity contribution is 0.0458. The zero-order chi connectivity index (χ0) is 19.3.